The van der Waals surface area contributed by atoms with Crippen LogP contribution in [0, 0.1) is 0 Å². The van der Waals surface area contributed by atoms with Crippen LogP contribution in [0.4, 0.5) is 0 Å². The number of hydrogen-bond acceptors (Lipinski definition) is 3. The largest absolute Gasteiger partial charge is 0.372 e. The quantitative estimate of drug-likeness (QED) is 0.778. The summed E-state index contributed by atoms with van der Waals surface area (Å²) in [5, 5.41) is 0. The SMILES string of the molecule is CCOC(c1cccnc1)C(N)CC. The molecule has 14 heavy (non-hydrogen) atoms. The first-order valence-electron chi connectivity index (χ1n) is 5.06. The average molecular weight is 194 g/mol. The third-order valence-corrected chi connectivity index (χ3v) is 2.22. The van der Waals surface area contributed by atoms with Gasteiger partial charge in [0.1, 0.15) is 0 Å². The number of ether oxygens (including phenoxy) is 1. The molecule has 0 saturated heterocycles. The Hall–Kier alpha value is -0.930. The second-order valence-corrected chi connectivity index (χ2v) is 3.23. The Morgan fingerprint density at radius 3 is 2.79 bits per heavy atom. The number of pyridine rings is 1. The van der Waals surface area contributed by atoms with Crippen molar-refractivity contribution >= 4 is 0 Å². The first kappa shape index (κ1) is 11.1. The minimum absolute atomic E-state index is 0.0290. The molecule has 3 nitrogen and oxygen atoms in total. The standard InChI is InChI=1S/C11H18N2O/c1-3-10(12)11(14-4-2)9-6-5-7-13-8-9/h5-8,10-11H,3-4,12H2,1-2H3. The maximum absolute atomic E-state index is 5.98. The van der Waals surface area contributed by atoms with E-state index < -0.39 is 0 Å². The van der Waals surface area contributed by atoms with E-state index in [0.717, 1.165) is 12.0 Å². The summed E-state index contributed by atoms with van der Waals surface area (Å²) in [6, 6.07) is 3.95. The van der Waals surface area contributed by atoms with E-state index in [-0.39, 0.29) is 12.1 Å². The van der Waals surface area contributed by atoms with Crippen molar-refractivity contribution in [2.24, 2.45) is 5.73 Å². The Bertz CT molecular complexity index is 251. The van der Waals surface area contributed by atoms with Gasteiger partial charge >= 0.3 is 0 Å². The number of nitrogens with two attached hydrogens (primary N) is 1. The zero-order valence-corrected chi connectivity index (χ0v) is 8.81. The lowest BCUT2D eigenvalue weighted by molar-refractivity contribution is 0.0421. The molecule has 0 bridgehead atoms. The lowest BCUT2D eigenvalue weighted by Gasteiger charge is -2.22. The summed E-state index contributed by atoms with van der Waals surface area (Å²) < 4.78 is 5.62. The fraction of sp³-hybridized carbons (Fsp3) is 0.545. The molecular weight excluding hydrogens is 176 g/mol. The molecule has 0 aliphatic carbocycles. The van der Waals surface area contributed by atoms with Crippen LogP contribution in [0.15, 0.2) is 24.5 Å². The number of hydrogen-bond donors (Lipinski definition) is 1. The van der Waals surface area contributed by atoms with Crippen molar-refractivity contribution < 1.29 is 4.74 Å². The molecule has 2 N–H and O–H groups in total. The van der Waals surface area contributed by atoms with Gasteiger partial charge in [0.15, 0.2) is 0 Å². The van der Waals surface area contributed by atoms with Gasteiger partial charge in [0, 0.05) is 30.6 Å². The second-order valence-electron chi connectivity index (χ2n) is 3.23. The van der Waals surface area contributed by atoms with Crippen LogP contribution in [0.1, 0.15) is 31.9 Å². The van der Waals surface area contributed by atoms with Crippen molar-refractivity contribution in [3.05, 3.63) is 30.1 Å². The predicted molar refractivity (Wildman–Crippen MR) is 56.9 cm³/mol. The zero-order chi connectivity index (χ0) is 10.4. The van der Waals surface area contributed by atoms with Gasteiger partial charge in [-0.05, 0) is 19.4 Å². The van der Waals surface area contributed by atoms with Crippen molar-refractivity contribution in [1.82, 2.24) is 4.98 Å². The fourth-order valence-corrected chi connectivity index (χ4v) is 1.40. The van der Waals surface area contributed by atoms with E-state index in [4.69, 9.17) is 10.5 Å². The number of aromatic nitrogens is 1. The van der Waals surface area contributed by atoms with E-state index >= 15 is 0 Å². The minimum Gasteiger partial charge on any atom is -0.372 e. The number of rotatable bonds is 5. The molecule has 2 atom stereocenters. The topological polar surface area (TPSA) is 48.1 Å². The summed E-state index contributed by atoms with van der Waals surface area (Å²) in [7, 11) is 0. The van der Waals surface area contributed by atoms with Crippen LogP contribution in [0.2, 0.25) is 0 Å². The normalized spacial score (nSPS) is 15.1. The van der Waals surface area contributed by atoms with Crippen molar-refractivity contribution in [2.75, 3.05) is 6.61 Å². The van der Waals surface area contributed by atoms with Crippen molar-refractivity contribution in [3.63, 3.8) is 0 Å². The van der Waals surface area contributed by atoms with Gasteiger partial charge in [-0.1, -0.05) is 13.0 Å². The van der Waals surface area contributed by atoms with Crippen molar-refractivity contribution in [2.45, 2.75) is 32.4 Å². The third-order valence-electron chi connectivity index (χ3n) is 2.22. The van der Waals surface area contributed by atoms with Gasteiger partial charge in [-0.15, -0.1) is 0 Å². The Labute approximate surface area is 85.3 Å². The van der Waals surface area contributed by atoms with Crippen LogP contribution in [-0.4, -0.2) is 17.6 Å². The van der Waals surface area contributed by atoms with Crippen LogP contribution in [0.5, 0.6) is 0 Å². The first-order chi connectivity index (χ1) is 6.79. The van der Waals surface area contributed by atoms with Gasteiger partial charge in [-0.2, -0.15) is 0 Å². The second kappa shape index (κ2) is 5.73. The Balaban J connectivity index is 2.77. The molecule has 0 radical (unpaired) electrons. The lowest BCUT2D eigenvalue weighted by atomic mass is 10.0. The van der Waals surface area contributed by atoms with E-state index in [1.807, 2.05) is 25.3 Å². The van der Waals surface area contributed by atoms with Gasteiger partial charge in [-0.25, -0.2) is 0 Å². The molecule has 2 unspecified atom stereocenters. The van der Waals surface area contributed by atoms with Crippen LogP contribution in [0.25, 0.3) is 0 Å². The highest BCUT2D eigenvalue weighted by atomic mass is 16.5. The molecule has 3 heteroatoms. The lowest BCUT2D eigenvalue weighted by Crippen LogP contribution is -2.29. The van der Waals surface area contributed by atoms with Crippen LogP contribution >= 0.6 is 0 Å². The molecule has 1 aromatic heterocycles. The molecule has 1 heterocycles. The molecule has 0 aromatic carbocycles. The van der Waals surface area contributed by atoms with Gasteiger partial charge in [0.25, 0.3) is 0 Å². The smallest absolute Gasteiger partial charge is 0.0990 e. The molecule has 0 amide bonds. The molecule has 0 saturated carbocycles. The summed E-state index contributed by atoms with van der Waals surface area (Å²) >= 11 is 0. The predicted octanol–water partition coefficient (Wildman–Crippen LogP) is 1.90. The van der Waals surface area contributed by atoms with Crippen molar-refractivity contribution in [3.8, 4) is 0 Å². The molecule has 0 aliphatic heterocycles. The average Bonchev–Trinajstić information content (AvgIpc) is 2.26. The summed E-state index contributed by atoms with van der Waals surface area (Å²) in [5.41, 5.74) is 7.04. The minimum atomic E-state index is -0.0290. The zero-order valence-electron chi connectivity index (χ0n) is 8.81. The van der Waals surface area contributed by atoms with Gasteiger partial charge in [0.05, 0.1) is 6.10 Å². The monoisotopic (exact) mass is 194 g/mol. The summed E-state index contributed by atoms with van der Waals surface area (Å²) in [6.45, 7) is 4.71. The molecular formula is C11H18N2O. The van der Waals surface area contributed by atoms with Crippen molar-refractivity contribution in [1.29, 1.82) is 0 Å². The first-order valence-corrected chi connectivity index (χ1v) is 5.06. The van der Waals surface area contributed by atoms with E-state index in [1.165, 1.54) is 0 Å². The highest BCUT2D eigenvalue weighted by Gasteiger charge is 2.18. The highest BCUT2D eigenvalue weighted by molar-refractivity contribution is 5.14. The maximum Gasteiger partial charge on any atom is 0.0990 e. The van der Waals surface area contributed by atoms with Gasteiger partial charge in [0.2, 0.25) is 0 Å². The Kier molecular flexibility index (Phi) is 4.56. The molecule has 1 rings (SSSR count). The molecule has 1 aromatic rings. The van der Waals surface area contributed by atoms with Crippen LogP contribution < -0.4 is 5.73 Å². The Morgan fingerprint density at radius 1 is 1.50 bits per heavy atom. The maximum atomic E-state index is 5.98. The van der Waals surface area contributed by atoms with Crippen LogP contribution in [0.3, 0.4) is 0 Å². The van der Waals surface area contributed by atoms with E-state index in [0.29, 0.717) is 6.61 Å². The summed E-state index contributed by atoms with van der Waals surface area (Å²) in [6.07, 6.45) is 4.44. The highest BCUT2D eigenvalue weighted by Crippen LogP contribution is 2.20. The summed E-state index contributed by atoms with van der Waals surface area (Å²) in [4.78, 5) is 4.07. The molecule has 78 valence electrons. The van der Waals surface area contributed by atoms with E-state index in [1.54, 1.807) is 6.20 Å². The third kappa shape index (κ3) is 2.79. The molecule has 0 fully saturated rings. The fourth-order valence-electron chi connectivity index (χ4n) is 1.40. The molecule has 0 spiro atoms. The van der Waals surface area contributed by atoms with Gasteiger partial charge < -0.3 is 10.5 Å². The van der Waals surface area contributed by atoms with Crippen LogP contribution in [-0.2, 0) is 4.74 Å². The Morgan fingerprint density at radius 2 is 2.29 bits per heavy atom. The van der Waals surface area contributed by atoms with E-state index in [9.17, 15) is 0 Å². The van der Waals surface area contributed by atoms with E-state index in [2.05, 4.69) is 11.9 Å². The number of nitrogens with zero attached hydrogens (tertiary/aromatic N) is 1. The summed E-state index contributed by atoms with van der Waals surface area (Å²) in [5.74, 6) is 0. The molecule has 0 aliphatic rings. The van der Waals surface area contributed by atoms with Gasteiger partial charge in [-0.3, -0.25) is 4.98 Å².